The molecule has 0 atom stereocenters. The molecule has 0 spiro atoms. The third-order valence-corrected chi connectivity index (χ3v) is 2.05. The van der Waals surface area contributed by atoms with Crippen molar-refractivity contribution in [3.8, 4) is 6.01 Å². The normalized spacial score (nSPS) is 10.9. The molecule has 1 aromatic heterocycles. The van der Waals surface area contributed by atoms with Crippen LogP contribution in [-0.4, -0.2) is 34.6 Å². The second-order valence-corrected chi connectivity index (χ2v) is 4.83. The van der Waals surface area contributed by atoms with Gasteiger partial charge in [0, 0.05) is 13.6 Å². The standard InChI is InChI=1S/C11H22N6O/c1-7(2)6-17(5)10-13-9(16-12)14-11(15-10)18-8(3)4/h7-8H,6,12H2,1-5H3,(H,13,14,15,16). The summed E-state index contributed by atoms with van der Waals surface area (Å²) in [5, 5.41) is 0. The molecule has 0 aliphatic rings. The Morgan fingerprint density at radius 3 is 2.39 bits per heavy atom. The first-order valence-corrected chi connectivity index (χ1v) is 6.02. The molecule has 0 aliphatic heterocycles. The van der Waals surface area contributed by atoms with Crippen LogP contribution in [0.4, 0.5) is 11.9 Å². The largest absolute Gasteiger partial charge is 0.461 e. The highest BCUT2D eigenvalue weighted by atomic mass is 16.5. The smallest absolute Gasteiger partial charge is 0.323 e. The monoisotopic (exact) mass is 254 g/mol. The van der Waals surface area contributed by atoms with Crippen LogP contribution < -0.4 is 20.9 Å². The van der Waals surface area contributed by atoms with Gasteiger partial charge in [0.05, 0.1) is 6.10 Å². The van der Waals surface area contributed by atoms with Gasteiger partial charge in [-0.2, -0.15) is 15.0 Å². The van der Waals surface area contributed by atoms with Crippen LogP contribution in [0.25, 0.3) is 0 Å². The molecule has 102 valence electrons. The third kappa shape index (κ3) is 4.33. The summed E-state index contributed by atoms with van der Waals surface area (Å²) < 4.78 is 5.47. The minimum atomic E-state index is 0.00118. The van der Waals surface area contributed by atoms with Gasteiger partial charge in [0.2, 0.25) is 11.9 Å². The molecular weight excluding hydrogens is 232 g/mol. The Kier molecular flexibility index (Phi) is 5.08. The van der Waals surface area contributed by atoms with Crippen molar-refractivity contribution >= 4 is 11.9 Å². The van der Waals surface area contributed by atoms with E-state index in [0.717, 1.165) is 6.54 Å². The number of aromatic nitrogens is 3. The van der Waals surface area contributed by atoms with E-state index in [9.17, 15) is 0 Å². The van der Waals surface area contributed by atoms with Crippen molar-refractivity contribution in [2.24, 2.45) is 11.8 Å². The van der Waals surface area contributed by atoms with Crippen LogP contribution >= 0.6 is 0 Å². The molecule has 1 heterocycles. The molecule has 1 aromatic rings. The van der Waals surface area contributed by atoms with Crippen LogP contribution in [-0.2, 0) is 0 Å². The Morgan fingerprint density at radius 1 is 1.22 bits per heavy atom. The summed E-state index contributed by atoms with van der Waals surface area (Å²) in [6.07, 6.45) is 0.00118. The van der Waals surface area contributed by atoms with Crippen LogP contribution in [0.1, 0.15) is 27.7 Å². The lowest BCUT2D eigenvalue weighted by molar-refractivity contribution is 0.222. The quantitative estimate of drug-likeness (QED) is 0.579. The molecule has 3 N–H and O–H groups in total. The lowest BCUT2D eigenvalue weighted by Gasteiger charge is -2.20. The Labute approximate surface area is 108 Å². The molecule has 0 aromatic carbocycles. The molecule has 0 aliphatic carbocycles. The van der Waals surface area contributed by atoms with Crippen LogP contribution in [0, 0.1) is 5.92 Å². The van der Waals surface area contributed by atoms with Crippen LogP contribution in [0.3, 0.4) is 0 Å². The highest BCUT2D eigenvalue weighted by molar-refractivity contribution is 5.36. The number of ether oxygens (including phenoxy) is 1. The maximum atomic E-state index is 5.47. The van der Waals surface area contributed by atoms with Gasteiger partial charge in [-0.3, -0.25) is 5.43 Å². The number of hydrogen-bond donors (Lipinski definition) is 2. The van der Waals surface area contributed by atoms with Crippen LogP contribution in [0.5, 0.6) is 6.01 Å². The predicted molar refractivity (Wildman–Crippen MR) is 71.5 cm³/mol. The maximum absolute atomic E-state index is 5.47. The molecule has 0 bridgehead atoms. The van der Waals surface area contributed by atoms with E-state index in [1.807, 2.05) is 25.8 Å². The fourth-order valence-corrected chi connectivity index (χ4v) is 1.47. The molecule has 0 fully saturated rings. The minimum Gasteiger partial charge on any atom is -0.461 e. The van der Waals surface area contributed by atoms with Crippen LogP contribution in [0.2, 0.25) is 0 Å². The maximum Gasteiger partial charge on any atom is 0.323 e. The average molecular weight is 254 g/mol. The number of nitrogens with zero attached hydrogens (tertiary/aromatic N) is 4. The summed E-state index contributed by atoms with van der Waals surface area (Å²) in [7, 11) is 1.93. The summed E-state index contributed by atoms with van der Waals surface area (Å²) in [6.45, 7) is 8.93. The van der Waals surface area contributed by atoms with E-state index in [1.54, 1.807) is 0 Å². The van der Waals surface area contributed by atoms with Gasteiger partial charge in [0.1, 0.15) is 0 Å². The number of rotatable bonds is 6. The van der Waals surface area contributed by atoms with E-state index in [-0.39, 0.29) is 12.1 Å². The van der Waals surface area contributed by atoms with E-state index in [2.05, 4.69) is 34.2 Å². The molecule has 7 heteroatoms. The molecule has 0 saturated carbocycles. The molecular formula is C11H22N6O. The molecule has 0 unspecified atom stereocenters. The first-order chi connectivity index (χ1) is 8.42. The van der Waals surface area contributed by atoms with Crippen molar-refractivity contribution in [2.75, 3.05) is 23.9 Å². The van der Waals surface area contributed by atoms with E-state index in [0.29, 0.717) is 17.8 Å². The fourth-order valence-electron chi connectivity index (χ4n) is 1.47. The topological polar surface area (TPSA) is 89.2 Å². The van der Waals surface area contributed by atoms with Gasteiger partial charge >= 0.3 is 6.01 Å². The fraction of sp³-hybridized carbons (Fsp3) is 0.727. The predicted octanol–water partition coefficient (Wildman–Crippen LogP) is 1.04. The van der Waals surface area contributed by atoms with E-state index >= 15 is 0 Å². The Balaban J connectivity index is 2.95. The summed E-state index contributed by atoms with van der Waals surface area (Å²) >= 11 is 0. The SMILES string of the molecule is CC(C)CN(C)c1nc(NN)nc(OC(C)C)n1. The molecule has 0 saturated heterocycles. The third-order valence-electron chi connectivity index (χ3n) is 2.05. The van der Waals surface area contributed by atoms with Crippen molar-refractivity contribution in [1.29, 1.82) is 0 Å². The first-order valence-electron chi connectivity index (χ1n) is 6.02. The number of nitrogens with two attached hydrogens (primary N) is 1. The van der Waals surface area contributed by atoms with Gasteiger partial charge in [0.15, 0.2) is 0 Å². The van der Waals surface area contributed by atoms with Crippen molar-refractivity contribution in [2.45, 2.75) is 33.8 Å². The van der Waals surface area contributed by atoms with Gasteiger partial charge in [0.25, 0.3) is 0 Å². The molecule has 1 rings (SSSR count). The zero-order chi connectivity index (χ0) is 13.7. The van der Waals surface area contributed by atoms with Crippen molar-refractivity contribution < 1.29 is 4.74 Å². The highest BCUT2D eigenvalue weighted by Gasteiger charge is 2.12. The molecule has 0 amide bonds. The number of anilines is 2. The second kappa shape index (κ2) is 6.34. The summed E-state index contributed by atoms with van der Waals surface area (Å²) in [5.74, 6) is 6.69. The van der Waals surface area contributed by atoms with Gasteiger partial charge in [-0.15, -0.1) is 0 Å². The summed E-state index contributed by atoms with van der Waals surface area (Å²) in [6, 6.07) is 0.276. The minimum absolute atomic E-state index is 0.00118. The highest BCUT2D eigenvalue weighted by Crippen LogP contribution is 2.15. The van der Waals surface area contributed by atoms with E-state index in [4.69, 9.17) is 10.6 Å². The summed E-state index contributed by atoms with van der Waals surface area (Å²) in [5.41, 5.74) is 2.42. The van der Waals surface area contributed by atoms with Gasteiger partial charge in [-0.25, -0.2) is 5.84 Å². The van der Waals surface area contributed by atoms with E-state index in [1.165, 1.54) is 0 Å². The van der Waals surface area contributed by atoms with Crippen molar-refractivity contribution in [1.82, 2.24) is 15.0 Å². The molecule has 7 nitrogen and oxygen atoms in total. The van der Waals surface area contributed by atoms with Gasteiger partial charge < -0.3 is 9.64 Å². The van der Waals surface area contributed by atoms with Gasteiger partial charge in [-0.1, -0.05) is 13.8 Å². The second-order valence-electron chi connectivity index (χ2n) is 4.83. The van der Waals surface area contributed by atoms with Crippen molar-refractivity contribution in [3.63, 3.8) is 0 Å². The molecule has 18 heavy (non-hydrogen) atoms. The zero-order valence-electron chi connectivity index (χ0n) is 11.6. The first kappa shape index (κ1) is 14.4. The number of hydrazine groups is 1. The molecule has 0 radical (unpaired) electrons. The Morgan fingerprint density at radius 2 is 1.89 bits per heavy atom. The van der Waals surface area contributed by atoms with E-state index < -0.39 is 0 Å². The number of nitrogen functional groups attached to an aromatic ring is 1. The number of hydrogen-bond acceptors (Lipinski definition) is 7. The Hall–Kier alpha value is -1.63. The zero-order valence-corrected chi connectivity index (χ0v) is 11.6. The van der Waals surface area contributed by atoms with Crippen molar-refractivity contribution in [3.05, 3.63) is 0 Å². The number of nitrogens with one attached hydrogen (secondary N) is 1. The lowest BCUT2D eigenvalue weighted by Crippen LogP contribution is -2.26. The average Bonchev–Trinajstić information content (AvgIpc) is 2.26. The van der Waals surface area contributed by atoms with Crippen LogP contribution in [0.15, 0.2) is 0 Å². The Bertz CT molecular complexity index is 382. The van der Waals surface area contributed by atoms with Gasteiger partial charge in [-0.05, 0) is 19.8 Å². The summed E-state index contributed by atoms with van der Waals surface area (Å²) in [4.78, 5) is 14.5. The lowest BCUT2D eigenvalue weighted by atomic mass is 10.2.